The lowest BCUT2D eigenvalue weighted by Crippen LogP contribution is -2.39. The number of rotatable bonds is 5. The number of hydrogen-bond acceptors (Lipinski definition) is 3. The third-order valence-corrected chi connectivity index (χ3v) is 4.23. The Kier molecular flexibility index (Phi) is 5.41. The molecule has 1 aromatic carbocycles. The summed E-state index contributed by atoms with van der Waals surface area (Å²) in [5, 5.41) is 4.98. The molecule has 8 heteroatoms. The molecule has 0 saturated heterocycles. The summed E-state index contributed by atoms with van der Waals surface area (Å²) in [6, 6.07) is 0.828. The van der Waals surface area contributed by atoms with E-state index < -0.39 is 38.0 Å². The lowest BCUT2D eigenvalue weighted by molar-refractivity contribution is 0.0695. The van der Waals surface area contributed by atoms with Crippen molar-refractivity contribution in [3.05, 3.63) is 29.3 Å². The van der Waals surface area contributed by atoms with Crippen LogP contribution in [0.2, 0.25) is 0 Å². The maximum Gasteiger partial charge on any atom is 0.255 e. The van der Waals surface area contributed by atoms with Crippen molar-refractivity contribution in [2.45, 2.75) is 38.1 Å². The molecule has 1 rings (SSSR count). The van der Waals surface area contributed by atoms with E-state index in [2.05, 4.69) is 0 Å². The Balaban J connectivity index is 3.48. The SMILES string of the molecule is CCC(C)N(CC)C(=O)c1cc(F)c(F)cc1S(N)(=O)=O. The summed E-state index contributed by atoms with van der Waals surface area (Å²) >= 11 is 0. The quantitative estimate of drug-likeness (QED) is 0.899. The van der Waals surface area contributed by atoms with Crippen LogP contribution in [0.1, 0.15) is 37.6 Å². The van der Waals surface area contributed by atoms with E-state index in [1.54, 1.807) is 13.8 Å². The largest absolute Gasteiger partial charge is 0.336 e. The van der Waals surface area contributed by atoms with Gasteiger partial charge in [0.2, 0.25) is 10.0 Å². The van der Waals surface area contributed by atoms with Gasteiger partial charge in [-0.15, -0.1) is 0 Å². The number of benzene rings is 1. The van der Waals surface area contributed by atoms with Gasteiger partial charge >= 0.3 is 0 Å². The minimum absolute atomic E-state index is 0.177. The van der Waals surface area contributed by atoms with Crippen molar-refractivity contribution in [3.8, 4) is 0 Å². The molecule has 5 nitrogen and oxygen atoms in total. The summed E-state index contributed by atoms with van der Waals surface area (Å²) in [5.41, 5.74) is -0.460. The standard InChI is InChI=1S/C13H18F2N2O3S/c1-4-8(3)17(5-2)13(18)9-6-10(14)11(15)7-12(9)21(16,19)20/h6-8H,4-5H2,1-3H3,(H2,16,19,20). The van der Waals surface area contributed by atoms with Gasteiger partial charge in [0.1, 0.15) is 0 Å². The Labute approximate surface area is 122 Å². The number of halogens is 2. The molecule has 0 aromatic heterocycles. The summed E-state index contributed by atoms with van der Waals surface area (Å²) in [4.78, 5) is 13.1. The van der Waals surface area contributed by atoms with E-state index in [0.717, 1.165) is 0 Å². The Morgan fingerprint density at radius 1 is 1.29 bits per heavy atom. The molecule has 0 fully saturated rings. The smallest absolute Gasteiger partial charge is 0.255 e. The molecule has 0 aliphatic carbocycles. The lowest BCUT2D eigenvalue weighted by atomic mass is 10.1. The van der Waals surface area contributed by atoms with Crippen molar-refractivity contribution in [1.82, 2.24) is 4.90 Å². The molecule has 1 atom stereocenters. The number of hydrogen-bond donors (Lipinski definition) is 1. The van der Waals surface area contributed by atoms with Crippen LogP contribution in [0.4, 0.5) is 8.78 Å². The number of amides is 1. The zero-order chi connectivity index (χ0) is 16.4. The average Bonchev–Trinajstić information content (AvgIpc) is 2.40. The van der Waals surface area contributed by atoms with Gasteiger partial charge in [-0.1, -0.05) is 6.92 Å². The van der Waals surface area contributed by atoms with Crippen LogP contribution in [0.5, 0.6) is 0 Å². The predicted octanol–water partition coefficient (Wildman–Crippen LogP) is 1.87. The van der Waals surface area contributed by atoms with Crippen LogP contribution in [-0.2, 0) is 10.0 Å². The number of nitrogens with zero attached hydrogens (tertiary/aromatic N) is 1. The maximum atomic E-state index is 13.4. The van der Waals surface area contributed by atoms with Crippen LogP contribution < -0.4 is 5.14 Å². The van der Waals surface area contributed by atoms with Gasteiger partial charge < -0.3 is 4.90 Å². The molecule has 1 amide bonds. The molecule has 0 saturated carbocycles. The first kappa shape index (κ1) is 17.5. The Hall–Kier alpha value is -1.54. The van der Waals surface area contributed by atoms with Gasteiger partial charge in [0, 0.05) is 12.6 Å². The Morgan fingerprint density at radius 3 is 2.24 bits per heavy atom. The molecule has 0 spiro atoms. The molecular weight excluding hydrogens is 302 g/mol. The van der Waals surface area contributed by atoms with E-state index in [-0.39, 0.29) is 6.04 Å². The second-order valence-electron chi connectivity index (χ2n) is 4.66. The first-order valence-electron chi connectivity index (χ1n) is 6.46. The van der Waals surface area contributed by atoms with E-state index in [4.69, 9.17) is 5.14 Å². The van der Waals surface area contributed by atoms with Crippen LogP contribution in [0.3, 0.4) is 0 Å². The molecule has 0 aliphatic rings. The molecule has 0 bridgehead atoms. The molecule has 2 N–H and O–H groups in total. The normalized spacial score (nSPS) is 13.0. The highest BCUT2D eigenvalue weighted by atomic mass is 32.2. The molecule has 21 heavy (non-hydrogen) atoms. The summed E-state index contributed by atoms with van der Waals surface area (Å²) in [6.45, 7) is 5.64. The molecule has 1 unspecified atom stereocenters. The van der Waals surface area contributed by atoms with E-state index in [1.165, 1.54) is 4.90 Å². The Bertz CT molecular complexity index is 647. The van der Waals surface area contributed by atoms with E-state index in [9.17, 15) is 22.0 Å². The number of carbonyl (C=O) groups excluding carboxylic acids is 1. The fourth-order valence-electron chi connectivity index (χ4n) is 1.96. The molecule has 0 heterocycles. The minimum Gasteiger partial charge on any atom is -0.336 e. The predicted molar refractivity (Wildman–Crippen MR) is 74.2 cm³/mol. The summed E-state index contributed by atoms with van der Waals surface area (Å²) < 4.78 is 49.6. The van der Waals surface area contributed by atoms with Gasteiger partial charge in [0.25, 0.3) is 5.91 Å². The molecule has 118 valence electrons. The van der Waals surface area contributed by atoms with Crippen molar-refractivity contribution in [2.75, 3.05) is 6.54 Å². The van der Waals surface area contributed by atoms with Crippen molar-refractivity contribution >= 4 is 15.9 Å². The number of nitrogens with two attached hydrogens (primary N) is 1. The van der Waals surface area contributed by atoms with Crippen molar-refractivity contribution in [1.29, 1.82) is 0 Å². The van der Waals surface area contributed by atoms with Gasteiger partial charge in [-0.2, -0.15) is 0 Å². The van der Waals surface area contributed by atoms with Crippen molar-refractivity contribution in [3.63, 3.8) is 0 Å². The first-order valence-corrected chi connectivity index (χ1v) is 8.00. The zero-order valence-electron chi connectivity index (χ0n) is 12.1. The van der Waals surface area contributed by atoms with Crippen molar-refractivity contribution < 1.29 is 22.0 Å². The van der Waals surface area contributed by atoms with Crippen LogP contribution in [0.15, 0.2) is 17.0 Å². The molecule has 1 aromatic rings. The molecule has 0 radical (unpaired) electrons. The van der Waals surface area contributed by atoms with Gasteiger partial charge in [0.15, 0.2) is 11.6 Å². The number of sulfonamides is 1. The second kappa shape index (κ2) is 6.48. The fraction of sp³-hybridized carbons (Fsp3) is 0.462. The number of carbonyl (C=O) groups is 1. The summed E-state index contributed by atoms with van der Waals surface area (Å²) in [6.07, 6.45) is 0.633. The third-order valence-electron chi connectivity index (χ3n) is 3.28. The van der Waals surface area contributed by atoms with Crippen LogP contribution >= 0.6 is 0 Å². The second-order valence-corrected chi connectivity index (χ2v) is 6.19. The number of primary sulfonamides is 1. The summed E-state index contributed by atoms with van der Waals surface area (Å²) in [7, 11) is -4.35. The van der Waals surface area contributed by atoms with Gasteiger partial charge in [0.05, 0.1) is 10.5 Å². The Morgan fingerprint density at radius 2 is 1.81 bits per heavy atom. The summed E-state index contributed by atoms with van der Waals surface area (Å²) in [5.74, 6) is -3.37. The highest BCUT2D eigenvalue weighted by molar-refractivity contribution is 7.89. The van der Waals surface area contributed by atoms with Crippen LogP contribution in [-0.4, -0.2) is 31.8 Å². The third kappa shape index (κ3) is 3.76. The lowest BCUT2D eigenvalue weighted by Gasteiger charge is -2.28. The highest BCUT2D eigenvalue weighted by Gasteiger charge is 2.27. The fourth-order valence-corrected chi connectivity index (χ4v) is 2.68. The van der Waals surface area contributed by atoms with E-state index >= 15 is 0 Å². The minimum atomic E-state index is -4.35. The van der Waals surface area contributed by atoms with Gasteiger partial charge in [-0.05, 0) is 32.4 Å². The van der Waals surface area contributed by atoms with Crippen molar-refractivity contribution in [2.24, 2.45) is 5.14 Å². The molecule has 0 aliphatic heterocycles. The zero-order valence-corrected chi connectivity index (χ0v) is 12.9. The van der Waals surface area contributed by atoms with Crippen LogP contribution in [0.25, 0.3) is 0 Å². The monoisotopic (exact) mass is 320 g/mol. The van der Waals surface area contributed by atoms with Crippen LogP contribution in [0, 0.1) is 11.6 Å². The average molecular weight is 320 g/mol. The molecular formula is C13H18F2N2O3S. The topological polar surface area (TPSA) is 80.5 Å². The maximum absolute atomic E-state index is 13.4. The van der Waals surface area contributed by atoms with Gasteiger partial charge in [-0.25, -0.2) is 22.3 Å². The van der Waals surface area contributed by atoms with E-state index in [0.29, 0.717) is 25.1 Å². The van der Waals surface area contributed by atoms with E-state index in [1.807, 2.05) is 6.92 Å². The first-order chi connectivity index (χ1) is 9.63. The van der Waals surface area contributed by atoms with Gasteiger partial charge in [-0.3, -0.25) is 4.79 Å². The highest BCUT2D eigenvalue weighted by Crippen LogP contribution is 2.22.